The maximum atomic E-state index is 12.4. The fourth-order valence-electron chi connectivity index (χ4n) is 3.70. The molecule has 142 valence electrons. The summed E-state index contributed by atoms with van der Waals surface area (Å²) in [6, 6.07) is 11.8. The van der Waals surface area contributed by atoms with E-state index >= 15 is 0 Å². The first kappa shape index (κ1) is 18.0. The molecule has 5 heteroatoms. The summed E-state index contributed by atoms with van der Waals surface area (Å²) in [5.74, 6) is 0.709. The van der Waals surface area contributed by atoms with Crippen molar-refractivity contribution in [3.63, 3.8) is 0 Å². The van der Waals surface area contributed by atoms with Crippen molar-refractivity contribution < 1.29 is 9.53 Å². The molecule has 2 aromatic heterocycles. The molecule has 1 amide bonds. The van der Waals surface area contributed by atoms with Crippen molar-refractivity contribution in [2.75, 3.05) is 13.2 Å². The molecule has 1 aliphatic heterocycles. The number of aromatic nitrogens is 2. The van der Waals surface area contributed by atoms with Crippen molar-refractivity contribution in [3.8, 4) is 17.1 Å². The van der Waals surface area contributed by atoms with Gasteiger partial charge in [0.15, 0.2) is 0 Å². The number of aromatic amines is 1. The zero-order valence-electron chi connectivity index (χ0n) is 15.9. The topological polar surface area (TPSA) is 67.0 Å². The molecule has 1 unspecified atom stereocenters. The van der Waals surface area contributed by atoms with Crippen LogP contribution in [-0.2, 0) is 0 Å². The molecule has 1 aromatic carbocycles. The smallest absolute Gasteiger partial charge is 0.253 e. The highest BCUT2D eigenvalue weighted by molar-refractivity contribution is 6.00. The number of carbonyl (C=O) groups excluding carboxylic acids is 1. The third-order valence-electron chi connectivity index (χ3n) is 4.94. The second kappa shape index (κ2) is 7.35. The van der Waals surface area contributed by atoms with Crippen molar-refractivity contribution in [2.24, 2.45) is 0 Å². The van der Waals surface area contributed by atoms with Gasteiger partial charge in [-0.3, -0.25) is 4.79 Å². The predicted octanol–water partition coefficient (Wildman–Crippen LogP) is 4.59. The Bertz CT molecular complexity index is 1080. The van der Waals surface area contributed by atoms with Crippen LogP contribution >= 0.6 is 0 Å². The Morgan fingerprint density at radius 1 is 1.32 bits per heavy atom. The van der Waals surface area contributed by atoms with Crippen LogP contribution in [0, 0.1) is 0 Å². The number of pyridine rings is 1. The second-order valence-electron chi connectivity index (χ2n) is 7.21. The van der Waals surface area contributed by atoms with Crippen LogP contribution in [0.5, 0.6) is 5.88 Å². The first-order chi connectivity index (χ1) is 13.6. The highest BCUT2D eigenvalue weighted by Crippen LogP contribution is 2.34. The number of ether oxygens (including phenoxy) is 1. The van der Waals surface area contributed by atoms with Crippen molar-refractivity contribution in [1.82, 2.24) is 15.3 Å². The molecule has 3 heterocycles. The third kappa shape index (κ3) is 3.31. The molecule has 4 rings (SSSR count). The zero-order chi connectivity index (χ0) is 19.7. The normalized spacial score (nSPS) is 15.8. The molecular weight excluding hydrogens is 350 g/mol. The minimum absolute atomic E-state index is 0.0429. The molecule has 1 aliphatic rings. The van der Waals surface area contributed by atoms with Crippen molar-refractivity contribution >= 4 is 16.8 Å². The van der Waals surface area contributed by atoms with E-state index in [1.807, 2.05) is 43.3 Å². The molecule has 0 saturated heterocycles. The largest absolute Gasteiger partial charge is 0.473 e. The van der Waals surface area contributed by atoms with Crippen LogP contribution in [0.1, 0.15) is 35.3 Å². The molecule has 0 saturated carbocycles. The summed E-state index contributed by atoms with van der Waals surface area (Å²) >= 11 is 0. The molecule has 5 nitrogen and oxygen atoms in total. The molecule has 0 bridgehead atoms. The maximum absolute atomic E-state index is 12.4. The summed E-state index contributed by atoms with van der Waals surface area (Å²) in [5.41, 5.74) is 5.42. The second-order valence-corrected chi connectivity index (χ2v) is 7.21. The lowest BCUT2D eigenvalue weighted by Crippen LogP contribution is -2.34. The number of para-hydroxylation sites is 1. The van der Waals surface area contributed by atoms with Gasteiger partial charge in [-0.1, -0.05) is 36.4 Å². The van der Waals surface area contributed by atoms with E-state index in [1.165, 1.54) is 0 Å². The molecule has 1 atom stereocenters. The van der Waals surface area contributed by atoms with Gasteiger partial charge >= 0.3 is 0 Å². The number of allylic oxidation sites excluding steroid dienone is 1. The van der Waals surface area contributed by atoms with Gasteiger partial charge < -0.3 is 15.0 Å². The average Bonchev–Trinajstić information content (AvgIpc) is 3.14. The van der Waals surface area contributed by atoms with Crippen LogP contribution in [0.25, 0.3) is 22.2 Å². The average molecular weight is 373 g/mol. The molecular formula is C23H23N3O2. The minimum atomic E-state index is -0.0429. The number of rotatable bonds is 6. The Labute approximate surface area is 164 Å². The monoisotopic (exact) mass is 373 g/mol. The Morgan fingerprint density at radius 3 is 2.96 bits per heavy atom. The maximum Gasteiger partial charge on any atom is 0.253 e. The van der Waals surface area contributed by atoms with Crippen molar-refractivity contribution in [3.05, 3.63) is 72.5 Å². The Hall–Kier alpha value is -3.34. The summed E-state index contributed by atoms with van der Waals surface area (Å²) in [5, 5.41) is 4.00. The quantitative estimate of drug-likeness (QED) is 0.621. The molecule has 0 aliphatic carbocycles. The first-order valence-corrected chi connectivity index (χ1v) is 9.36. The lowest BCUT2D eigenvalue weighted by Gasteiger charge is -2.23. The van der Waals surface area contributed by atoms with E-state index in [-0.39, 0.29) is 11.8 Å². The van der Waals surface area contributed by atoms with Gasteiger partial charge in [-0.15, -0.1) is 6.58 Å². The Morgan fingerprint density at radius 2 is 2.18 bits per heavy atom. The van der Waals surface area contributed by atoms with Gasteiger partial charge in [0, 0.05) is 40.9 Å². The van der Waals surface area contributed by atoms with Crippen LogP contribution in [0.4, 0.5) is 0 Å². The Kier molecular flexibility index (Phi) is 4.74. The van der Waals surface area contributed by atoms with Crippen LogP contribution in [0.2, 0.25) is 0 Å². The van der Waals surface area contributed by atoms with Gasteiger partial charge in [-0.2, -0.15) is 0 Å². The zero-order valence-corrected chi connectivity index (χ0v) is 15.9. The van der Waals surface area contributed by atoms with Crippen LogP contribution in [-0.4, -0.2) is 29.0 Å². The predicted molar refractivity (Wildman–Crippen MR) is 112 cm³/mol. The minimum Gasteiger partial charge on any atom is -0.473 e. The highest BCUT2D eigenvalue weighted by atomic mass is 16.5. The third-order valence-corrected chi connectivity index (χ3v) is 4.94. The number of amides is 1. The molecule has 3 aromatic rings. The molecule has 2 N–H and O–H groups in total. The van der Waals surface area contributed by atoms with E-state index in [4.69, 9.17) is 4.74 Å². The SMILES string of the molecule is C=CCOc1ccc2cccc(-c3cc4c([nH]3)C(CC(=C)C)CNC4=O)c2n1. The van der Waals surface area contributed by atoms with E-state index in [1.54, 1.807) is 6.08 Å². The highest BCUT2D eigenvalue weighted by Gasteiger charge is 2.28. The van der Waals surface area contributed by atoms with E-state index in [2.05, 4.69) is 28.4 Å². The molecule has 0 spiro atoms. The van der Waals surface area contributed by atoms with Gasteiger partial charge in [0.1, 0.15) is 6.61 Å². The lowest BCUT2D eigenvalue weighted by molar-refractivity contribution is 0.0940. The molecule has 28 heavy (non-hydrogen) atoms. The summed E-state index contributed by atoms with van der Waals surface area (Å²) in [6.07, 6.45) is 2.53. The number of H-pyrrole nitrogens is 1. The van der Waals surface area contributed by atoms with Gasteiger partial charge in [-0.25, -0.2) is 4.98 Å². The van der Waals surface area contributed by atoms with Crippen LogP contribution < -0.4 is 10.1 Å². The molecule has 0 fully saturated rings. The fourth-order valence-corrected chi connectivity index (χ4v) is 3.70. The van der Waals surface area contributed by atoms with Gasteiger partial charge in [0.2, 0.25) is 5.88 Å². The van der Waals surface area contributed by atoms with E-state index in [0.717, 1.165) is 39.8 Å². The number of fused-ring (bicyclic) bond motifs is 2. The number of benzene rings is 1. The Balaban J connectivity index is 1.81. The van der Waals surface area contributed by atoms with Gasteiger partial charge in [0.25, 0.3) is 5.91 Å². The van der Waals surface area contributed by atoms with Gasteiger partial charge in [-0.05, 0) is 25.5 Å². The summed E-state index contributed by atoms with van der Waals surface area (Å²) in [4.78, 5) is 20.6. The number of nitrogens with one attached hydrogen (secondary N) is 2. The van der Waals surface area contributed by atoms with Crippen LogP contribution in [0.15, 0.2) is 61.2 Å². The summed E-state index contributed by atoms with van der Waals surface area (Å²) < 4.78 is 5.60. The lowest BCUT2D eigenvalue weighted by atomic mass is 9.92. The first-order valence-electron chi connectivity index (χ1n) is 9.36. The summed E-state index contributed by atoms with van der Waals surface area (Å²) in [7, 11) is 0. The number of carbonyl (C=O) groups is 1. The fraction of sp³-hybridized carbons (Fsp3) is 0.217. The summed E-state index contributed by atoms with van der Waals surface area (Å²) in [6.45, 7) is 10.7. The van der Waals surface area contributed by atoms with E-state index in [9.17, 15) is 4.79 Å². The van der Waals surface area contributed by atoms with Crippen molar-refractivity contribution in [1.29, 1.82) is 0 Å². The van der Waals surface area contributed by atoms with Crippen molar-refractivity contribution in [2.45, 2.75) is 19.3 Å². The van der Waals surface area contributed by atoms with Gasteiger partial charge in [0.05, 0.1) is 11.1 Å². The van der Waals surface area contributed by atoms with E-state index in [0.29, 0.717) is 24.6 Å². The van der Waals surface area contributed by atoms with E-state index < -0.39 is 0 Å². The molecule has 0 radical (unpaired) electrons. The standard InChI is InChI=1S/C23H23N3O2/c1-4-10-28-20-9-8-15-6-5-7-17(21(15)26-20)19-12-18-22(25-19)16(11-14(2)3)13-24-23(18)27/h4-9,12,16,25H,1-2,10-11,13H2,3H3,(H,24,27). The van der Waals surface area contributed by atoms with Crippen LogP contribution in [0.3, 0.4) is 0 Å². The number of nitrogens with zero attached hydrogens (tertiary/aromatic N) is 1. The number of hydrogen-bond acceptors (Lipinski definition) is 3. The number of hydrogen-bond donors (Lipinski definition) is 2.